The van der Waals surface area contributed by atoms with E-state index in [1.807, 2.05) is 0 Å². The molecule has 3 nitrogen and oxygen atoms in total. The third kappa shape index (κ3) is 4.80. The Morgan fingerprint density at radius 1 is 1.40 bits per heavy atom. The van der Waals surface area contributed by atoms with Crippen LogP contribution in [0.2, 0.25) is 0 Å². The van der Waals surface area contributed by atoms with E-state index in [4.69, 9.17) is 4.74 Å². The van der Waals surface area contributed by atoms with Gasteiger partial charge in [-0.25, -0.2) is 0 Å². The van der Waals surface area contributed by atoms with Gasteiger partial charge in [-0.2, -0.15) is 0 Å². The first-order valence-corrected chi connectivity index (χ1v) is 7.96. The molecule has 1 atom stereocenters. The smallest absolute Gasteiger partial charge is 0.119 e. The molecule has 0 bridgehead atoms. The van der Waals surface area contributed by atoms with Gasteiger partial charge >= 0.3 is 0 Å². The Morgan fingerprint density at radius 2 is 2.30 bits per heavy atom. The molecule has 0 aromatic heterocycles. The quantitative estimate of drug-likeness (QED) is 0.739. The van der Waals surface area contributed by atoms with Crippen LogP contribution in [-0.4, -0.2) is 37.2 Å². The van der Waals surface area contributed by atoms with Crippen molar-refractivity contribution in [2.75, 3.05) is 26.2 Å². The summed E-state index contributed by atoms with van der Waals surface area (Å²) in [7, 11) is 0. The summed E-state index contributed by atoms with van der Waals surface area (Å²) in [5.74, 6) is 0.993. The van der Waals surface area contributed by atoms with Crippen molar-refractivity contribution in [1.82, 2.24) is 10.2 Å². The standard InChI is InChI=1S/C17H28N2O/c1-3-9-18-14-16-7-4-8-17(13-16)20-12-11-19-10-5-6-15(19)2/h4,7-8,13,15,18H,3,5-6,9-12,14H2,1-2H3. The van der Waals surface area contributed by atoms with Crippen LogP contribution >= 0.6 is 0 Å². The van der Waals surface area contributed by atoms with Crippen molar-refractivity contribution in [3.63, 3.8) is 0 Å². The van der Waals surface area contributed by atoms with Crippen molar-refractivity contribution in [3.05, 3.63) is 29.8 Å². The summed E-state index contributed by atoms with van der Waals surface area (Å²) in [5.41, 5.74) is 1.30. The van der Waals surface area contributed by atoms with Crippen LogP contribution in [0.1, 0.15) is 38.7 Å². The second-order valence-corrected chi connectivity index (χ2v) is 5.70. The SMILES string of the molecule is CCCNCc1cccc(OCCN2CCCC2C)c1. The molecule has 20 heavy (non-hydrogen) atoms. The van der Waals surface area contributed by atoms with E-state index < -0.39 is 0 Å². The van der Waals surface area contributed by atoms with E-state index in [1.54, 1.807) is 0 Å². The zero-order chi connectivity index (χ0) is 14.2. The molecule has 1 saturated heterocycles. The number of hydrogen-bond acceptors (Lipinski definition) is 3. The maximum absolute atomic E-state index is 5.89. The fraction of sp³-hybridized carbons (Fsp3) is 0.647. The van der Waals surface area contributed by atoms with Crippen LogP contribution in [-0.2, 0) is 6.54 Å². The molecular formula is C17H28N2O. The van der Waals surface area contributed by atoms with E-state index >= 15 is 0 Å². The van der Waals surface area contributed by atoms with Crippen LogP contribution < -0.4 is 10.1 Å². The Morgan fingerprint density at radius 3 is 3.05 bits per heavy atom. The zero-order valence-electron chi connectivity index (χ0n) is 12.9. The van der Waals surface area contributed by atoms with Gasteiger partial charge in [0.15, 0.2) is 0 Å². The highest BCUT2D eigenvalue weighted by Gasteiger charge is 2.19. The predicted molar refractivity (Wildman–Crippen MR) is 84.2 cm³/mol. The van der Waals surface area contributed by atoms with Crippen LogP contribution in [0.3, 0.4) is 0 Å². The molecule has 1 aliphatic rings. The molecule has 0 aliphatic carbocycles. The highest BCUT2D eigenvalue weighted by molar-refractivity contribution is 5.28. The van der Waals surface area contributed by atoms with Crippen LogP contribution in [0.5, 0.6) is 5.75 Å². The van der Waals surface area contributed by atoms with Crippen molar-refractivity contribution < 1.29 is 4.74 Å². The first kappa shape index (κ1) is 15.3. The van der Waals surface area contributed by atoms with Crippen molar-refractivity contribution >= 4 is 0 Å². The minimum atomic E-state index is 0.725. The summed E-state index contributed by atoms with van der Waals surface area (Å²) < 4.78 is 5.89. The minimum absolute atomic E-state index is 0.725. The fourth-order valence-electron chi connectivity index (χ4n) is 2.76. The molecule has 0 amide bonds. The van der Waals surface area contributed by atoms with Crippen molar-refractivity contribution in [2.24, 2.45) is 0 Å². The average Bonchev–Trinajstić information content (AvgIpc) is 2.85. The summed E-state index contributed by atoms with van der Waals surface area (Å²) in [6.07, 6.45) is 3.84. The van der Waals surface area contributed by atoms with Crippen molar-refractivity contribution in [1.29, 1.82) is 0 Å². The first-order valence-electron chi connectivity index (χ1n) is 7.96. The second kappa shape index (κ2) is 8.28. The van der Waals surface area contributed by atoms with Crippen LogP contribution in [0.4, 0.5) is 0 Å². The molecule has 1 aromatic rings. The number of likely N-dealkylation sites (tertiary alicyclic amines) is 1. The van der Waals surface area contributed by atoms with Gasteiger partial charge in [0, 0.05) is 19.1 Å². The highest BCUT2D eigenvalue weighted by atomic mass is 16.5. The van der Waals surface area contributed by atoms with Gasteiger partial charge in [0.1, 0.15) is 12.4 Å². The number of hydrogen-bond donors (Lipinski definition) is 1. The zero-order valence-corrected chi connectivity index (χ0v) is 12.9. The minimum Gasteiger partial charge on any atom is -0.492 e. The van der Waals surface area contributed by atoms with Crippen molar-refractivity contribution in [3.8, 4) is 5.75 Å². The normalized spacial score (nSPS) is 19.4. The number of ether oxygens (including phenoxy) is 1. The third-order valence-corrected chi connectivity index (χ3v) is 3.99. The first-order chi connectivity index (χ1) is 9.79. The van der Waals surface area contributed by atoms with Gasteiger partial charge < -0.3 is 10.1 Å². The Hall–Kier alpha value is -1.06. The Labute approximate surface area is 123 Å². The Balaban J connectivity index is 1.73. The molecule has 1 fully saturated rings. The van der Waals surface area contributed by atoms with Crippen LogP contribution in [0.15, 0.2) is 24.3 Å². The molecule has 3 heteroatoms. The van der Waals surface area contributed by atoms with E-state index in [0.29, 0.717) is 0 Å². The lowest BCUT2D eigenvalue weighted by Gasteiger charge is -2.20. The summed E-state index contributed by atoms with van der Waals surface area (Å²) in [6.45, 7) is 9.55. The summed E-state index contributed by atoms with van der Waals surface area (Å²) in [4.78, 5) is 2.52. The summed E-state index contributed by atoms with van der Waals surface area (Å²) in [6, 6.07) is 9.16. The highest BCUT2D eigenvalue weighted by Crippen LogP contribution is 2.17. The maximum Gasteiger partial charge on any atom is 0.119 e. The van der Waals surface area contributed by atoms with Gasteiger partial charge in [-0.05, 0) is 57.0 Å². The Kier molecular flexibility index (Phi) is 6.34. The molecule has 0 saturated carbocycles. The van der Waals surface area contributed by atoms with E-state index in [1.165, 1.54) is 31.4 Å². The maximum atomic E-state index is 5.89. The van der Waals surface area contributed by atoms with Crippen molar-refractivity contribution in [2.45, 2.75) is 45.7 Å². The van der Waals surface area contributed by atoms with E-state index in [2.05, 4.69) is 48.3 Å². The molecular weight excluding hydrogens is 248 g/mol. The number of benzene rings is 1. The van der Waals surface area contributed by atoms with E-state index in [0.717, 1.165) is 38.0 Å². The monoisotopic (exact) mass is 276 g/mol. The lowest BCUT2D eigenvalue weighted by molar-refractivity contribution is 0.204. The molecule has 1 unspecified atom stereocenters. The average molecular weight is 276 g/mol. The fourth-order valence-corrected chi connectivity index (χ4v) is 2.76. The lowest BCUT2D eigenvalue weighted by Crippen LogP contribution is -2.31. The topological polar surface area (TPSA) is 24.5 Å². The predicted octanol–water partition coefficient (Wildman–Crippen LogP) is 3.05. The molecule has 0 radical (unpaired) electrons. The van der Waals surface area contributed by atoms with Gasteiger partial charge in [0.2, 0.25) is 0 Å². The van der Waals surface area contributed by atoms with Gasteiger partial charge in [-0.15, -0.1) is 0 Å². The third-order valence-electron chi connectivity index (χ3n) is 3.99. The van der Waals surface area contributed by atoms with Gasteiger partial charge in [-0.3, -0.25) is 4.90 Å². The molecule has 2 rings (SSSR count). The molecule has 1 heterocycles. The summed E-state index contributed by atoms with van der Waals surface area (Å²) >= 11 is 0. The van der Waals surface area contributed by atoms with Gasteiger partial charge in [-0.1, -0.05) is 19.1 Å². The molecule has 0 spiro atoms. The van der Waals surface area contributed by atoms with Crippen LogP contribution in [0.25, 0.3) is 0 Å². The number of nitrogens with one attached hydrogen (secondary N) is 1. The Bertz CT molecular complexity index is 394. The van der Waals surface area contributed by atoms with Crippen LogP contribution in [0, 0.1) is 0 Å². The molecule has 1 aliphatic heterocycles. The lowest BCUT2D eigenvalue weighted by atomic mass is 10.2. The van der Waals surface area contributed by atoms with Gasteiger partial charge in [0.25, 0.3) is 0 Å². The molecule has 1 aromatic carbocycles. The molecule has 1 N–H and O–H groups in total. The second-order valence-electron chi connectivity index (χ2n) is 5.70. The van der Waals surface area contributed by atoms with Gasteiger partial charge in [0.05, 0.1) is 0 Å². The molecule has 112 valence electrons. The van der Waals surface area contributed by atoms with E-state index in [-0.39, 0.29) is 0 Å². The largest absolute Gasteiger partial charge is 0.492 e. The summed E-state index contributed by atoms with van der Waals surface area (Å²) in [5, 5.41) is 3.42. The van der Waals surface area contributed by atoms with E-state index in [9.17, 15) is 0 Å². The number of nitrogens with zero attached hydrogens (tertiary/aromatic N) is 1. The number of rotatable bonds is 8.